The molecule has 0 unspecified atom stereocenters. The highest BCUT2D eigenvalue weighted by molar-refractivity contribution is 6.22. The molecule has 0 aliphatic carbocycles. The summed E-state index contributed by atoms with van der Waals surface area (Å²) < 4.78 is 2.30. The number of para-hydroxylation sites is 1. The van der Waals surface area contributed by atoms with E-state index in [0.29, 0.717) is 0 Å². The minimum absolute atomic E-state index is 1.23. The molecule has 9 aromatic rings. The summed E-state index contributed by atoms with van der Waals surface area (Å²) in [6.07, 6.45) is 0. The van der Waals surface area contributed by atoms with Gasteiger partial charge in [0.05, 0.1) is 0 Å². The van der Waals surface area contributed by atoms with Gasteiger partial charge in [0.2, 0.25) is 0 Å². The highest BCUT2D eigenvalue weighted by atomic mass is 14.9. The van der Waals surface area contributed by atoms with Gasteiger partial charge in [0.25, 0.3) is 0 Å². The third-order valence-corrected chi connectivity index (χ3v) is 9.39. The Balaban J connectivity index is 1.26. The first-order valence-electron chi connectivity index (χ1n) is 15.3. The number of hydrogen-bond donors (Lipinski definition) is 0. The lowest BCUT2D eigenvalue weighted by molar-refractivity contribution is 1.01. The van der Waals surface area contributed by atoms with Crippen LogP contribution in [0.1, 0.15) is 0 Å². The lowest BCUT2D eigenvalue weighted by Crippen LogP contribution is -1.91. The van der Waals surface area contributed by atoms with E-state index in [1.807, 2.05) is 0 Å². The Morgan fingerprint density at radius 1 is 0.318 bits per heavy atom. The first-order chi connectivity index (χ1) is 21.7. The Morgan fingerprint density at radius 3 is 1.48 bits per heavy atom. The van der Waals surface area contributed by atoms with Crippen LogP contribution in [0.4, 0.5) is 0 Å². The van der Waals surface area contributed by atoms with Crippen LogP contribution in [-0.2, 0) is 7.05 Å². The molecule has 0 amide bonds. The molecule has 8 aromatic carbocycles. The molecule has 0 fully saturated rings. The predicted octanol–water partition coefficient (Wildman–Crippen LogP) is 11.8. The normalized spacial score (nSPS) is 11.8. The second kappa shape index (κ2) is 9.69. The molecule has 44 heavy (non-hydrogen) atoms. The van der Waals surface area contributed by atoms with Crippen molar-refractivity contribution in [3.05, 3.63) is 158 Å². The van der Waals surface area contributed by atoms with E-state index in [9.17, 15) is 0 Å². The van der Waals surface area contributed by atoms with Gasteiger partial charge in [-0.1, -0.05) is 133 Å². The maximum atomic E-state index is 2.39. The highest BCUT2D eigenvalue weighted by Crippen LogP contribution is 2.45. The molecule has 0 aliphatic heterocycles. The topological polar surface area (TPSA) is 4.93 Å². The van der Waals surface area contributed by atoms with Crippen molar-refractivity contribution < 1.29 is 0 Å². The van der Waals surface area contributed by atoms with E-state index in [2.05, 4.69) is 169 Å². The van der Waals surface area contributed by atoms with Crippen molar-refractivity contribution in [1.29, 1.82) is 0 Å². The summed E-state index contributed by atoms with van der Waals surface area (Å²) in [6.45, 7) is 0. The first-order valence-corrected chi connectivity index (χ1v) is 15.3. The molecule has 0 atom stereocenters. The summed E-state index contributed by atoms with van der Waals surface area (Å²) >= 11 is 0. The van der Waals surface area contributed by atoms with Gasteiger partial charge in [-0.05, 0) is 90.0 Å². The molecule has 0 spiro atoms. The van der Waals surface area contributed by atoms with E-state index < -0.39 is 0 Å². The van der Waals surface area contributed by atoms with Gasteiger partial charge in [0, 0.05) is 28.9 Å². The third-order valence-electron chi connectivity index (χ3n) is 9.39. The second-order valence-corrected chi connectivity index (χ2v) is 11.8. The van der Waals surface area contributed by atoms with Crippen LogP contribution in [0.5, 0.6) is 0 Å². The maximum Gasteiger partial charge on any atom is 0.0489 e. The van der Waals surface area contributed by atoms with Crippen molar-refractivity contribution in [2.75, 3.05) is 0 Å². The van der Waals surface area contributed by atoms with Gasteiger partial charge < -0.3 is 4.57 Å². The Morgan fingerprint density at radius 2 is 0.795 bits per heavy atom. The molecule has 0 saturated carbocycles. The molecule has 0 bridgehead atoms. The monoisotopic (exact) mass is 559 g/mol. The van der Waals surface area contributed by atoms with Crippen molar-refractivity contribution in [2.24, 2.45) is 7.05 Å². The smallest absolute Gasteiger partial charge is 0.0489 e. The molecule has 206 valence electrons. The average Bonchev–Trinajstić information content (AvgIpc) is 3.38. The van der Waals surface area contributed by atoms with Crippen LogP contribution in [0.25, 0.3) is 87.5 Å². The quantitative estimate of drug-likeness (QED) is 0.190. The second-order valence-electron chi connectivity index (χ2n) is 11.8. The number of aryl methyl sites for hydroxylation is 1. The van der Waals surface area contributed by atoms with Gasteiger partial charge >= 0.3 is 0 Å². The van der Waals surface area contributed by atoms with Crippen LogP contribution in [0, 0.1) is 0 Å². The van der Waals surface area contributed by atoms with Crippen LogP contribution >= 0.6 is 0 Å². The van der Waals surface area contributed by atoms with Crippen LogP contribution in [0.15, 0.2) is 158 Å². The number of nitrogens with zero attached hydrogens (tertiary/aromatic N) is 1. The van der Waals surface area contributed by atoms with E-state index in [4.69, 9.17) is 0 Å². The summed E-state index contributed by atoms with van der Waals surface area (Å²) in [5.41, 5.74) is 10.1. The van der Waals surface area contributed by atoms with Crippen LogP contribution in [-0.4, -0.2) is 4.57 Å². The maximum absolute atomic E-state index is 2.39. The van der Waals surface area contributed by atoms with Crippen molar-refractivity contribution in [1.82, 2.24) is 4.57 Å². The summed E-state index contributed by atoms with van der Waals surface area (Å²) in [5.74, 6) is 0. The Hall–Kier alpha value is -5.66. The first kappa shape index (κ1) is 24.9. The lowest BCUT2D eigenvalue weighted by Gasteiger charge is -2.18. The molecule has 9 rings (SSSR count). The molecule has 1 heteroatoms. The summed E-state index contributed by atoms with van der Waals surface area (Å²) in [6, 6.07) is 57.9. The number of hydrogen-bond acceptors (Lipinski definition) is 0. The zero-order valence-corrected chi connectivity index (χ0v) is 24.5. The Labute approximate surface area is 256 Å². The Kier molecular flexibility index (Phi) is 5.48. The average molecular weight is 560 g/mol. The minimum atomic E-state index is 1.23. The van der Waals surface area contributed by atoms with Crippen LogP contribution < -0.4 is 0 Å². The molecule has 1 nitrogen and oxygen atoms in total. The third kappa shape index (κ3) is 3.73. The van der Waals surface area contributed by atoms with Gasteiger partial charge in [0.15, 0.2) is 0 Å². The van der Waals surface area contributed by atoms with Crippen molar-refractivity contribution >= 4 is 54.1 Å². The molecular formula is C43H29N. The van der Waals surface area contributed by atoms with Crippen molar-refractivity contribution in [2.45, 2.75) is 0 Å². The molecule has 0 saturated heterocycles. The van der Waals surface area contributed by atoms with Crippen molar-refractivity contribution in [3.8, 4) is 33.4 Å². The van der Waals surface area contributed by atoms with Gasteiger partial charge in [-0.3, -0.25) is 0 Å². The number of fused-ring (bicyclic) bond motifs is 6. The summed E-state index contributed by atoms with van der Waals surface area (Å²) in [4.78, 5) is 0. The van der Waals surface area contributed by atoms with Gasteiger partial charge in [-0.2, -0.15) is 0 Å². The van der Waals surface area contributed by atoms with E-state index in [1.165, 1.54) is 87.5 Å². The number of aromatic nitrogens is 1. The fraction of sp³-hybridized carbons (Fsp3) is 0.0233. The highest BCUT2D eigenvalue weighted by Gasteiger charge is 2.18. The fourth-order valence-electron chi connectivity index (χ4n) is 7.27. The number of rotatable bonds is 3. The van der Waals surface area contributed by atoms with Crippen molar-refractivity contribution in [3.63, 3.8) is 0 Å². The molecule has 0 aliphatic rings. The number of benzene rings is 8. The van der Waals surface area contributed by atoms with E-state index >= 15 is 0 Å². The predicted molar refractivity (Wildman–Crippen MR) is 189 cm³/mol. The largest absolute Gasteiger partial charge is 0.344 e. The Bertz CT molecular complexity index is 2490. The fourth-order valence-corrected chi connectivity index (χ4v) is 7.27. The molecule has 0 radical (unpaired) electrons. The minimum Gasteiger partial charge on any atom is -0.344 e. The van der Waals surface area contributed by atoms with Crippen LogP contribution in [0.3, 0.4) is 0 Å². The van der Waals surface area contributed by atoms with E-state index in [0.717, 1.165) is 0 Å². The standard InChI is InChI=1S/C43H29N/c1-44-40-17-9-8-12-34(40)39-27-33(24-25-41(39)44)43-37-15-6-4-13-35(37)42(36-14-5-7-16-38(36)43)30-21-18-29(19-22-30)32-23-20-28-10-2-3-11-31(28)26-32/h2-27H,1H3. The lowest BCUT2D eigenvalue weighted by atomic mass is 9.85. The summed E-state index contributed by atoms with van der Waals surface area (Å²) in [5, 5.41) is 10.2. The van der Waals surface area contributed by atoms with E-state index in [1.54, 1.807) is 0 Å². The SMILES string of the molecule is Cn1c2ccccc2c2cc(-c3c4ccccc4c(-c4ccc(-c5ccc6ccccc6c5)cc4)c4ccccc34)ccc21. The van der Waals surface area contributed by atoms with Gasteiger partial charge in [-0.25, -0.2) is 0 Å². The van der Waals surface area contributed by atoms with Gasteiger partial charge in [-0.15, -0.1) is 0 Å². The molecule has 1 aromatic heterocycles. The van der Waals surface area contributed by atoms with Gasteiger partial charge in [0.1, 0.15) is 0 Å². The molecule has 1 heterocycles. The zero-order chi connectivity index (χ0) is 29.2. The van der Waals surface area contributed by atoms with Crippen LogP contribution in [0.2, 0.25) is 0 Å². The zero-order valence-electron chi connectivity index (χ0n) is 24.5. The summed E-state index contributed by atoms with van der Waals surface area (Å²) in [7, 11) is 2.16. The van der Waals surface area contributed by atoms with E-state index in [-0.39, 0.29) is 0 Å². The molecule has 0 N–H and O–H groups in total. The molecular weight excluding hydrogens is 530 g/mol.